The van der Waals surface area contributed by atoms with Crippen molar-refractivity contribution in [1.82, 2.24) is 19.7 Å². The summed E-state index contributed by atoms with van der Waals surface area (Å²) >= 11 is 5.86. The highest BCUT2D eigenvalue weighted by Crippen LogP contribution is 2.43. The Kier molecular flexibility index (Phi) is 4.47. The van der Waals surface area contributed by atoms with E-state index in [0.717, 1.165) is 0 Å². The molecule has 5 N–H and O–H groups in total. The minimum absolute atomic E-state index is 0.0408. The minimum atomic E-state index is -1.27. The van der Waals surface area contributed by atoms with Crippen LogP contribution in [0.4, 0.5) is 10.2 Å². The average Bonchev–Trinajstić information content (AvgIpc) is 3.13. The van der Waals surface area contributed by atoms with Crippen molar-refractivity contribution in [3.8, 4) is 0 Å². The van der Waals surface area contributed by atoms with E-state index in [0.29, 0.717) is 10.6 Å². The lowest BCUT2D eigenvalue weighted by Gasteiger charge is -2.22. The van der Waals surface area contributed by atoms with E-state index in [4.69, 9.17) is 17.3 Å². The summed E-state index contributed by atoms with van der Waals surface area (Å²) < 4.78 is 15.4. The summed E-state index contributed by atoms with van der Waals surface area (Å²) in [5.41, 5.74) is 6.37. The monoisotopic (exact) mass is 393 g/mol. The van der Waals surface area contributed by atoms with Crippen LogP contribution >= 0.6 is 11.6 Å². The molecule has 1 unspecified atom stereocenters. The molecule has 27 heavy (non-hydrogen) atoms. The molecule has 10 heteroatoms. The molecule has 5 atom stereocenters. The number of aliphatic hydroxyl groups excluding tert-OH is 3. The Morgan fingerprint density at radius 3 is 2.59 bits per heavy atom. The van der Waals surface area contributed by atoms with E-state index in [1.165, 1.54) is 11.0 Å². The Balaban J connectivity index is 1.68. The Morgan fingerprint density at radius 2 is 1.89 bits per heavy atom. The van der Waals surface area contributed by atoms with Crippen molar-refractivity contribution >= 4 is 28.5 Å². The molecule has 1 saturated carbocycles. The maximum atomic E-state index is 14.2. The van der Waals surface area contributed by atoms with Crippen LogP contribution in [0.3, 0.4) is 0 Å². The van der Waals surface area contributed by atoms with E-state index >= 15 is 0 Å². The van der Waals surface area contributed by atoms with Crippen LogP contribution in [0.1, 0.15) is 24.1 Å². The molecular formula is C17H17ClFN5O3. The average molecular weight is 394 g/mol. The highest BCUT2D eigenvalue weighted by molar-refractivity contribution is 6.30. The van der Waals surface area contributed by atoms with Crippen LogP contribution in [0, 0.1) is 11.9 Å². The number of rotatable bonds is 3. The summed E-state index contributed by atoms with van der Waals surface area (Å²) in [7, 11) is 0. The second-order valence-corrected chi connectivity index (χ2v) is 7.07. The lowest BCUT2D eigenvalue weighted by Crippen LogP contribution is -2.31. The first-order valence-corrected chi connectivity index (χ1v) is 8.70. The molecule has 1 aliphatic carbocycles. The first-order valence-electron chi connectivity index (χ1n) is 8.32. The number of anilines is 1. The van der Waals surface area contributed by atoms with Gasteiger partial charge in [0.15, 0.2) is 5.65 Å². The zero-order valence-electron chi connectivity index (χ0n) is 13.9. The van der Waals surface area contributed by atoms with Crippen molar-refractivity contribution in [1.29, 1.82) is 0 Å². The van der Waals surface area contributed by atoms with Crippen molar-refractivity contribution in [2.24, 2.45) is 5.92 Å². The molecule has 2 aromatic heterocycles. The number of benzene rings is 1. The predicted octanol–water partition coefficient (Wildman–Crippen LogP) is 1.22. The van der Waals surface area contributed by atoms with E-state index < -0.39 is 36.2 Å². The Hall–Kier alpha value is -2.33. The summed E-state index contributed by atoms with van der Waals surface area (Å²) in [6, 6.07) is 5.78. The molecule has 8 nitrogen and oxygen atoms in total. The number of hydrogen-bond acceptors (Lipinski definition) is 7. The van der Waals surface area contributed by atoms with Gasteiger partial charge in [0, 0.05) is 10.9 Å². The topological polar surface area (TPSA) is 130 Å². The van der Waals surface area contributed by atoms with Gasteiger partial charge in [0.2, 0.25) is 5.95 Å². The smallest absolute Gasteiger partial charge is 0.245 e. The molecule has 0 saturated heterocycles. The van der Waals surface area contributed by atoms with Gasteiger partial charge < -0.3 is 21.1 Å². The Labute approximate surface area is 158 Å². The molecule has 0 radical (unpaired) electrons. The van der Waals surface area contributed by atoms with Crippen molar-refractivity contribution in [2.75, 3.05) is 5.73 Å². The lowest BCUT2D eigenvalue weighted by molar-refractivity contribution is -0.0272. The third kappa shape index (κ3) is 2.92. The van der Waals surface area contributed by atoms with Crippen LogP contribution < -0.4 is 5.73 Å². The number of aromatic nitrogens is 4. The van der Waals surface area contributed by atoms with E-state index in [9.17, 15) is 19.7 Å². The fourth-order valence-electron chi connectivity index (χ4n) is 3.69. The standard InChI is InChI=1S/C17H17ClFN5O3/c18-8-3-1-7(2-4-8)12(25)9-5-10(14(27)13(9)26)24-17-11(15(19)23-24)16(20)21-6-22-17/h1-4,6,9-10,12-14,25-27H,5H2,(H2,20,21,22)/t9-,10-,12?,13-,14+/m1/s1. The van der Waals surface area contributed by atoms with Gasteiger partial charge in [0.25, 0.3) is 0 Å². The molecule has 0 aliphatic heterocycles. The SMILES string of the molecule is Nc1ncnc2c1c(F)nn2[C@@H]1C[C@H](C(O)c2ccc(Cl)cc2)[C@@H](O)[C@H]1O. The number of aliphatic hydroxyl groups is 3. The maximum Gasteiger partial charge on any atom is 0.245 e. The molecule has 0 bridgehead atoms. The number of halogens is 2. The predicted molar refractivity (Wildman–Crippen MR) is 95.3 cm³/mol. The number of nitrogens with two attached hydrogens (primary N) is 1. The molecule has 0 spiro atoms. The van der Waals surface area contributed by atoms with Gasteiger partial charge in [0.05, 0.1) is 18.2 Å². The third-order valence-corrected chi connectivity index (χ3v) is 5.36. The first-order chi connectivity index (χ1) is 12.9. The minimum Gasteiger partial charge on any atom is -0.390 e. The fraction of sp³-hybridized carbons (Fsp3) is 0.353. The summed E-state index contributed by atoms with van der Waals surface area (Å²) in [5.74, 6) is -1.60. The second kappa shape index (κ2) is 6.68. The number of hydrogen-bond donors (Lipinski definition) is 4. The van der Waals surface area contributed by atoms with E-state index in [-0.39, 0.29) is 23.3 Å². The summed E-state index contributed by atoms with van der Waals surface area (Å²) in [6.07, 6.45) is -2.21. The van der Waals surface area contributed by atoms with E-state index in [2.05, 4.69) is 15.1 Å². The molecule has 3 aromatic rings. The largest absolute Gasteiger partial charge is 0.390 e. The van der Waals surface area contributed by atoms with Gasteiger partial charge in [-0.3, -0.25) is 0 Å². The number of nitrogen functional groups attached to an aromatic ring is 1. The maximum absolute atomic E-state index is 14.2. The molecule has 1 fully saturated rings. The Morgan fingerprint density at radius 1 is 1.19 bits per heavy atom. The molecule has 4 rings (SSSR count). The van der Waals surface area contributed by atoms with Crippen molar-refractivity contribution < 1.29 is 19.7 Å². The third-order valence-electron chi connectivity index (χ3n) is 5.10. The lowest BCUT2D eigenvalue weighted by atomic mass is 9.92. The van der Waals surface area contributed by atoms with Gasteiger partial charge in [0.1, 0.15) is 23.6 Å². The van der Waals surface area contributed by atoms with Crippen LogP contribution in [-0.2, 0) is 0 Å². The van der Waals surface area contributed by atoms with Gasteiger partial charge in [-0.1, -0.05) is 23.7 Å². The van der Waals surface area contributed by atoms with Gasteiger partial charge in [-0.2, -0.15) is 4.39 Å². The van der Waals surface area contributed by atoms with Crippen LogP contribution in [0.5, 0.6) is 0 Å². The molecule has 0 amide bonds. The summed E-state index contributed by atoms with van der Waals surface area (Å²) in [5, 5.41) is 35.9. The normalized spacial score (nSPS) is 26.6. The molecule has 1 aromatic carbocycles. The summed E-state index contributed by atoms with van der Waals surface area (Å²) in [4.78, 5) is 7.75. The van der Waals surface area contributed by atoms with Crippen molar-refractivity contribution in [3.05, 3.63) is 47.1 Å². The van der Waals surface area contributed by atoms with Gasteiger partial charge in [-0.15, -0.1) is 5.10 Å². The van der Waals surface area contributed by atoms with Gasteiger partial charge in [-0.05, 0) is 24.1 Å². The summed E-state index contributed by atoms with van der Waals surface area (Å²) in [6.45, 7) is 0. The quantitative estimate of drug-likeness (QED) is 0.526. The zero-order chi connectivity index (χ0) is 19.3. The molecule has 2 heterocycles. The van der Waals surface area contributed by atoms with Crippen molar-refractivity contribution in [2.45, 2.75) is 30.8 Å². The number of fused-ring (bicyclic) bond motifs is 1. The highest BCUT2D eigenvalue weighted by atomic mass is 35.5. The second-order valence-electron chi connectivity index (χ2n) is 6.64. The van der Waals surface area contributed by atoms with Crippen LogP contribution in [0.15, 0.2) is 30.6 Å². The van der Waals surface area contributed by atoms with Gasteiger partial charge in [-0.25, -0.2) is 14.6 Å². The van der Waals surface area contributed by atoms with Crippen LogP contribution in [-0.4, -0.2) is 47.3 Å². The zero-order valence-corrected chi connectivity index (χ0v) is 14.7. The highest BCUT2D eigenvalue weighted by Gasteiger charge is 2.47. The van der Waals surface area contributed by atoms with E-state index in [1.54, 1.807) is 24.3 Å². The van der Waals surface area contributed by atoms with Crippen molar-refractivity contribution in [3.63, 3.8) is 0 Å². The molecule has 1 aliphatic rings. The van der Waals surface area contributed by atoms with Crippen LogP contribution in [0.25, 0.3) is 11.0 Å². The molecule has 142 valence electrons. The molecular weight excluding hydrogens is 377 g/mol. The van der Waals surface area contributed by atoms with E-state index in [1.807, 2.05) is 0 Å². The fourth-order valence-corrected chi connectivity index (χ4v) is 3.82. The Bertz CT molecular complexity index is 983. The van der Waals surface area contributed by atoms with Gasteiger partial charge >= 0.3 is 0 Å². The first kappa shape index (κ1) is 18.1. The van der Waals surface area contributed by atoms with Crippen LogP contribution in [0.2, 0.25) is 5.02 Å². The number of nitrogens with zero attached hydrogens (tertiary/aromatic N) is 4.